The van der Waals surface area contributed by atoms with Crippen LogP contribution < -0.4 is 10.2 Å². The van der Waals surface area contributed by atoms with Gasteiger partial charge in [-0.25, -0.2) is 18.7 Å². The van der Waals surface area contributed by atoms with Crippen molar-refractivity contribution in [2.45, 2.75) is 32.1 Å². The molecule has 5 heterocycles. The Bertz CT molecular complexity index is 730. The average molecular weight is 433 g/mol. The fraction of sp³-hybridized carbons (Fsp3) is 1.00. The highest BCUT2D eigenvalue weighted by Gasteiger charge is 2.48. The molecular weight excluding hydrogens is 399 g/mol. The van der Waals surface area contributed by atoms with Gasteiger partial charge in [-0.3, -0.25) is 10.2 Å². The average Bonchev–Trinajstić information content (AvgIpc) is 2.70. The summed E-state index contributed by atoms with van der Waals surface area (Å²) in [5.74, 6) is 0. The summed E-state index contributed by atoms with van der Waals surface area (Å²) in [5, 5.41) is 7.76. The molecule has 0 saturated carbocycles. The van der Waals surface area contributed by atoms with Gasteiger partial charge < -0.3 is 0 Å². The van der Waals surface area contributed by atoms with Crippen LogP contribution in [0.4, 0.5) is 0 Å². The van der Waals surface area contributed by atoms with Crippen LogP contribution in [0.5, 0.6) is 0 Å². The zero-order chi connectivity index (χ0) is 18.5. The second-order valence-corrected chi connectivity index (χ2v) is 16.8. The number of hydrogen-bond acceptors (Lipinski definition) is 9. The lowest BCUT2D eigenvalue weighted by molar-refractivity contribution is 0.372. The summed E-state index contributed by atoms with van der Waals surface area (Å²) in [6.45, 7) is 8.73. The van der Waals surface area contributed by atoms with E-state index < -0.39 is 22.5 Å². The van der Waals surface area contributed by atoms with Gasteiger partial charge in [0.05, 0.1) is 0 Å². The van der Waals surface area contributed by atoms with Crippen molar-refractivity contribution in [3.63, 3.8) is 0 Å². The molecule has 2 bridgehead atoms. The van der Waals surface area contributed by atoms with Gasteiger partial charge in [0.2, 0.25) is 22.5 Å². The molecule has 27 heavy (non-hydrogen) atoms. The molecule has 9 nitrogen and oxygen atoms in total. The number of rotatable bonds is 0. The molecule has 3 fully saturated rings. The van der Waals surface area contributed by atoms with Crippen molar-refractivity contribution in [2.24, 2.45) is 13.5 Å². The first-order valence-electron chi connectivity index (χ1n) is 10.4. The minimum absolute atomic E-state index is 1.03. The van der Waals surface area contributed by atoms with Gasteiger partial charge in [0.15, 0.2) is 0 Å². The molecule has 3 saturated heterocycles. The van der Waals surface area contributed by atoms with Crippen molar-refractivity contribution in [1.29, 1.82) is 0 Å². The molecule has 2 unspecified atom stereocenters. The molecule has 2 atom stereocenters. The highest BCUT2D eigenvalue weighted by atomic mass is 31.3. The van der Waals surface area contributed by atoms with Crippen LogP contribution in [0.15, 0.2) is 13.5 Å². The van der Waals surface area contributed by atoms with Crippen molar-refractivity contribution in [3.8, 4) is 0 Å². The largest absolute Gasteiger partial charge is 0.253 e. The molecule has 5 aliphatic rings. The maximum Gasteiger partial charge on any atom is 0.220 e. The molecule has 0 radical (unpaired) electrons. The van der Waals surface area contributed by atoms with Crippen LogP contribution in [-0.4, -0.2) is 85.1 Å². The van der Waals surface area contributed by atoms with Gasteiger partial charge in [0.1, 0.15) is 0 Å². The first kappa shape index (κ1) is 19.4. The molecule has 2 N–H and O–H groups in total. The van der Waals surface area contributed by atoms with Gasteiger partial charge in [-0.05, 0) is 46.2 Å². The van der Waals surface area contributed by atoms with Crippen LogP contribution in [0.3, 0.4) is 0 Å². The Morgan fingerprint density at radius 1 is 0.593 bits per heavy atom. The van der Waals surface area contributed by atoms with Gasteiger partial charge >= 0.3 is 0 Å². The van der Waals surface area contributed by atoms with Crippen molar-refractivity contribution >= 4 is 22.5 Å². The third kappa shape index (κ3) is 3.10. The minimum atomic E-state index is -2.10. The van der Waals surface area contributed by atoms with E-state index in [0.29, 0.717) is 0 Å². The van der Waals surface area contributed by atoms with Crippen molar-refractivity contribution in [1.82, 2.24) is 28.9 Å². The molecule has 0 aromatic carbocycles. The number of hydrogen-bond donors (Lipinski definition) is 2. The highest BCUT2D eigenvalue weighted by molar-refractivity contribution is 7.83. The van der Waals surface area contributed by atoms with Crippen LogP contribution >= 0.6 is 22.5 Å². The lowest BCUT2D eigenvalue weighted by atomic mass is 10.3. The topological polar surface area (TPSA) is 74.1 Å². The van der Waals surface area contributed by atoms with E-state index in [1.54, 1.807) is 0 Å². The molecule has 0 aromatic heterocycles. The Morgan fingerprint density at radius 2 is 1.11 bits per heavy atom. The summed E-state index contributed by atoms with van der Waals surface area (Å²) < 4.78 is 27.2. The highest BCUT2D eigenvalue weighted by Crippen LogP contribution is 2.80. The summed E-state index contributed by atoms with van der Waals surface area (Å²) in [6, 6.07) is 0. The summed E-state index contributed by atoms with van der Waals surface area (Å²) in [7, 11) is -1.80. The van der Waals surface area contributed by atoms with E-state index in [1.165, 1.54) is 32.1 Å². The molecule has 5 aliphatic heterocycles. The molecular formula is C15H34N9P3. The van der Waals surface area contributed by atoms with E-state index in [9.17, 15) is 0 Å². The van der Waals surface area contributed by atoms with Crippen LogP contribution in [0.25, 0.3) is 0 Å². The van der Waals surface area contributed by atoms with Crippen molar-refractivity contribution in [2.75, 3.05) is 66.5 Å². The van der Waals surface area contributed by atoms with Gasteiger partial charge in [-0.1, -0.05) is 0 Å². The second-order valence-electron chi connectivity index (χ2n) is 8.20. The predicted molar refractivity (Wildman–Crippen MR) is 116 cm³/mol. The van der Waals surface area contributed by atoms with E-state index in [2.05, 4.69) is 43.0 Å². The zero-order valence-electron chi connectivity index (χ0n) is 16.7. The first-order valence-corrected chi connectivity index (χ1v) is 15.3. The Morgan fingerprint density at radius 3 is 1.70 bits per heavy atom. The Hall–Kier alpha value is 0.450. The van der Waals surface area contributed by atoms with Gasteiger partial charge in [-0.2, -0.15) is 13.5 Å². The molecule has 5 rings (SSSR count). The first-order chi connectivity index (χ1) is 13.1. The fourth-order valence-corrected chi connectivity index (χ4v) is 19.6. The Kier molecular flexibility index (Phi) is 5.25. The predicted octanol–water partition coefficient (Wildman–Crippen LogP) is 3.49. The van der Waals surface area contributed by atoms with Gasteiger partial charge in [-0.15, -0.1) is 0 Å². The summed E-state index contributed by atoms with van der Waals surface area (Å²) >= 11 is 0. The van der Waals surface area contributed by atoms with E-state index in [0.717, 1.165) is 52.4 Å². The van der Waals surface area contributed by atoms with E-state index in [4.69, 9.17) is 13.5 Å². The van der Waals surface area contributed by atoms with Crippen LogP contribution in [-0.2, 0) is 0 Å². The molecule has 3 spiro atoms. The lowest BCUT2D eigenvalue weighted by Crippen LogP contribution is -2.41. The molecule has 0 amide bonds. The molecule has 12 heteroatoms. The third-order valence-corrected chi connectivity index (χ3v) is 18.1. The van der Waals surface area contributed by atoms with E-state index >= 15 is 0 Å². The van der Waals surface area contributed by atoms with Crippen molar-refractivity contribution < 1.29 is 0 Å². The Labute approximate surface area is 163 Å². The summed E-state index contributed by atoms with van der Waals surface area (Å²) in [5.41, 5.74) is 0. The van der Waals surface area contributed by atoms with Crippen LogP contribution in [0.2, 0.25) is 0 Å². The maximum atomic E-state index is 5.65. The standard InChI is InChI=1S/C15H34N9P3/c1-21-10-7-11-22(2)27(21)19-25-16-8-5-14-23(25)12-3-4-13-24-15-6-9-17-26(24,18-25)20-27/h16-17H,3-15H2,1-2H3. The van der Waals surface area contributed by atoms with Crippen LogP contribution in [0.1, 0.15) is 32.1 Å². The van der Waals surface area contributed by atoms with E-state index in [1.807, 2.05) is 0 Å². The SMILES string of the molecule is CN1CCCN(C)P12=NP13=NP4(=N2)NCCCN4CCCCN1CCCN3. The summed E-state index contributed by atoms with van der Waals surface area (Å²) in [4.78, 5) is 0. The minimum Gasteiger partial charge on any atom is -0.253 e. The molecule has 0 aliphatic carbocycles. The number of nitrogens with one attached hydrogen (secondary N) is 2. The van der Waals surface area contributed by atoms with Gasteiger partial charge in [0.25, 0.3) is 0 Å². The quantitative estimate of drug-likeness (QED) is 0.570. The Balaban J connectivity index is 1.80. The van der Waals surface area contributed by atoms with Crippen molar-refractivity contribution in [3.05, 3.63) is 0 Å². The maximum absolute atomic E-state index is 5.65. The lowest BCUT2D eigenvalue weighted by Gasteiger charge is -2.50. The smallest absolute Gasteiger partial charge is 0.220 e. The summed E-state index contributed by atoms with van der Waals surface area (Å²) in [6.07, 6.45) is 6.07. The molecule has 0 aromatic rings. The monoisotopic (exact) mass is 433 g/mol. The fourth-order valence-electron chi connectivity index (χ4n) is 4.80. The molecule has 154 valence electrons. The van der Waals surface area contributed by atoms with Gasteiger partial charge in [0, 0.05) is 52.4 Å². The van der Waals surface area contributed by atoms with Crippen LogP contribution in [0, 0.1) is 0 Å². The normalized spacial score (nSPS) is 41.1. The zero-order valence-corrected chi connectivity index (χ0v) is 19.3. The third-order valence-electron chi connectivity index (χ3n) is 6.32. The number of nitrogens with zero attached hydrogens (tertiary/aromatic N) is 7. The van der Waals surface area contributed by atoms with E-state index in [-0.39, 0.29) is 0 Å². The second kappa shape index (κ2) is 7.30.